The molecule has 0 heterocycles. The molecule has 3 heteroatoms. The molecule has 1 aromatic rings. The summed E-state index contributed by atoms with van der Waals surface area (Å²) in [6.45, 7) is 4.16. The van der Waals surface area contributed by atoms with E-state index in [4.69, 9.17) is 11.6 Å². The molecule has 1 nitrogen and oxygen atoms in total. The SMILES string of the molecule is CC(C)CCC(=O)Cc1ccc(Cl)c(F)c1. The van der Waals surface area contributed by atoms with E-state index in [-0.39, 0.29) is 10.8 Å². The van der Waals surface area contributed by atoms with E-state index in [2.05, 4.69) is 13.8 Å². The second-order valence-electron chi connectivity index (χ2n) is 4.40. The molecular formula is C13H16ClFO. The largest absolute Gasteiger partial charge is 0.299 e. The van der Waals surface area contributed by atoms with Gasteiger partial charge in [0, 0.05) is 12.8 Å². The maximum Gasteiger partial charge on any atom is 0.142 e. The van der Waals surface area contributed by atoms with Crippen LogP contribution in [0.3, 0.4) is 0 Å². The molecule has 16 heavy (non-hydrogen) atoms. The molecule has 0 saturated heterocycles. The molecule has 0 aromatic heterocycles. The van der Waals surface area contributed by atoms with Crippen LogP contribution in [0.15, 0.2) is 18.2 Å². The van der Waals surface area contributed by atoms with Gasteiger partial charge in [0.15, 0.2) is 0 Å². The summed E-state index contributed by atoms with van der Waals surface area (Å²) >= 11 is 5.56. The Bertz CT molecular complexity index is 374. The molecule has 0 amide bonds. The van der Waals surface area contributed by atoms with Crippen molar-refractivity contribution in [3.05, 3.63) is 34.6 Å². The summed E-state index contributed by atoms with van der Waals surface area (Å²) in [4.78, 5) is 11.6. The van der Waals surface area contributed by atoms with E-state index >= 15 is 0 Å². The first-order chi connectivity index (χ1) is 7.49. The zero-order valence-corrected chi connectivity index (χ0v) is 10.4. The number of carbonyl (C=O) groups excluding carboxylic acids is 1. The summed E-state index contributed by atoms with van der Waals surface area (Å²) < 4.78 is 13.1. The molecule has 0 spiro atoms. The number of ketones is 1. The summed E-state index contributed by atoms with van der Waals surface area (Å²) in [6.07, 6.45) is 1.73. The zero-order chi connectivity index (χ0) is 12.1. The lowest BCUT2D eigenvalue weighted by Gasteiger charge is -2.04. The molecule has 0 aliphatic carbocycles. The van der Waals surface area contributed by atoms with Crippen LogP contribution in [0.1, 0.15) is 32.3 Å². The fourth-order valence-electron chi connectivity index (χ4n) is 1.42. The Morgan fingerprint density at radius 1 is 1.44 bits per heavy atom. The Labute approximate surface area is 101 Å². The number of hydrogen-bond donors (Lipinski definition) is 0. The van der Waals surface area contributed by atoms with Gasteiger partial charge in [-0.1, -0.05) is 31.5 Å². The molecular weight excluding hydrogens is 227 g/mol. The van der Waals surface area contributed by atoms with Crippen LogP contribution >= 0.6 is 11.6 Å². The van der Waals surface area contributed by atoms with Crippen molar-refractivity contribution in [2.75, 3.05) is 0 Å². The van der Waals surface area contributed by atoms with Gasteiger partial charge < -0.3 is 0 Å². The molecule has 0 unspecified atom stereocenters. The molecule has 0 aliphatic rings. The maximum atomic E-state index is 13.1. The molecule has 0 aliphatic heterocycles. The van der Waals surface area contributed by atoms with E-state index in [9.17, 15) is 9.18 Å². The third kappa shape index (κ3) is 4.31. The highest BCUT2D eigenvalue weighted by Gasteiger charge is 2.07. The second kappa shape index (κ2) is 6.00. The van der Waals surface area contributed by atoms with Gasteiger partial charge in [-0.3, -0.25) is 4.79 Å². The van der Waals surface area contributed by atoms with Crippen LogP contribution in [-0.2, 0) is 11.2 Å². The number of carbonyl (C=O) groups is 1. The minimum absolute atomic E-state index is 0.0957. The first kappa shape index (κ1) is 13.2. The van der Waals surface area contributed by atoms with Crippen LogP contribution in [0.2, 0.25) is 5.02 Å². The Hall–Kier alpha value is -0.890. The Balaban J connectivity index is 2.53. The van der Waals surface area contributed by atoms with E-state index in [1.807, 2.05) is 0 Å². The van der Waals surface area contributed by atoms with Gasteiger partial charge in [0.2, 0.25) is 0 Å². The number of rotatable bonds is 5. The van der Waals surface area contributed by atoms with Gasteiger partial charge in [0.25, 0.3) is 0 Å². The summed E-state index contributed by atoms with van der Waals surface area (Å²) in [6, 6.07) is 4.51. The second-order valence-corrected chi connectivity index (χ2v) is 4.80. The van der Waals surface area contributed by atoms with Crippen molar-refractivity contribution in [3.8, 4) is 0 Å². The Morgan fingerprint density at radius 2 is 2.12 bits per heavy atom. The fraction of sp³-hybridized carbons (Fsp3) is 0.462. The first-order valence-electron chi connectivity index (χ1n) is 5.44. The molecule has 88 valence electrons. The van der Waals surface area contributed by atoms with Gasteiger partial charge >= 0.3 is 0 Å². The number of benzene rings is 1. The van der Waals surface area contributed by atoms with Gasteiger partial charge in [-0.15, -0.1) is 0 Å². The van der Waals surface area contributed by atoms with Crippen molar-refractivity contribution in [2.24, 2.45) is 5.92 Å². The smallest absolute Gasteiger partial charge is 0.142 e. The van der Waals surface area contributed by atoms with Gasteiger partial charge in [-0.25, -0.2) is 4.39 Å². The van der Waals surface area contributed by atoms with E-state index in [1.165, 1.54) is 12.1 Å². The topological polar surface area (TPSA) is 17.1 Å². The van der Waals surface area contributed by atoms with Crippen LogP contribution < -0.4 is 0 Å². The number of halogens is 2. The summed E-state index contributed by atoms with van der Waals surface area (Å²) in [5, 5.41) is 0.0957. The van der Waals surface area contributed by atoms with Crippen LogP contribution in [0.25, 0.3) is 0 Å². The third-order valence-corrected chi connectivity index (χ3v) is 2.69. The highest BCUT2D eigenvalue weighted by Crippen LogP contribution is 2.16. The standard InChI is InChI=1S/C13H16ClFO/c1-9(2)3-5-11(16)7-10-4-6-12(14)13(15)8-10/h4,6,8-9H,3,5,7H2,1-2H3. The lowest BCUT2D eigenvalue weighted by Crippen LogP contribution is -2.04. The Kier molecular flexibility index (Phi) is 4.94. The molecule has 0 bridgehead atoms. The van der Waals surface area contributed by atoms with Crippen molar-refractivity contribution >= 4 is 17.4 Å². The van der Waals surface area contributed by atoms with Crippen molar-refractivity contribution in [2.45, 2.75) is 33.1 Å². The average molecular weight is 243 g/mol. The minimum Gasteiger partial charge on any atom is -0.299 e. The summed E-state index contributed by atoms with van der Waals surface area (Å²) in [5.74, 6) is 0.206. The molecule has 0 saturated carbocycles. The molecule has 1 aromatic carbocycles. The van der Waals surface area contributed by atoms with Crippen LogP contribution in [0.4, 0.5) is 4.39 Å². The summed E-state index contributed by atoms with van der Waals surface area (Å²) in [5.41, 5.74) is 0.690. The minimum atomic E-state index is -0.462. The van der Waals surface area contributed by atoms with E-state index in [0.29, 0.717) is 24.3 Å². The van der Waals surface area contributed by atoms with Crippen molar-refractivity contribution in [1.29, 1.82) is 0 Å². The Morgan fingerprint density at radius 3 is 2.69 bits per heavy atom. The predicted octanol–water partition coefficient (Wildman–Crippen LogP) is 4.03. The van der Waals surface area contributed by atoms with E-state index in [0.717, 1.165) is 6.42 Å². The molecule has 0 atom stereocenters. The van der Waals surface area contributed by atoms with Gasteiger partial charge in [-0.2, -0.15) is 0 Å². The monoisotopic (exact) mass is 242 g/mol. The number of Topliss-reactive ketones (excluding diaryl/α,β-unsaturated/α-hetero) is 1. The molecule has 0 fully saturated rings. The van der Waals surface area contributed by atoms with Crippen molar-refractivity contribution < 1.29 is 9.18 Å². The van der Waals surface area contributed by atoms with Crippen LogP contribution in [-0.4, -0.2) is 5.78 Å². The highest BCUT2D eigenvalue weighted by atomic mass is 35.5. The lowest BCUT2D eigenvalue weighted by molar-refractivity contribution is -0.118. The average Bonchev–Trinajstić information content (AvgIpc) is 2.21. The van der Waals surface area contributed by atoms with Gasteiger partial charge in [-0.05, 0) is 30.0 Å². The molecule has 1 rings (SSSR count). The van der Waals surface area contributed by atoms with E-state index < -0.39 is 5.82 Å². The molecule has 0 radical (unpaired) electrons. The quantitative estimate of drug-likeness (QED) is 0.762. The highest BCUT2D eigenvalue weighted by molar-refractivity contribution is 6.30. The van der Waals surface area contributed by atoms with Crippen molar-refractivity contribution in [3.63, 3.8) is 0 Å². The number of hydrogen-bond acceptors (Lipinski definition) is 1. The fourth-order valence-corrected chi connectivity index (χ4v) is 1.53. The van der Waals surface area contributed by atoms with Crippen molar-refractivity contribution in [1.82, 2.24) is 0 Å². The van der Waals surface area contributed by atoms with Gasteiger partial charge in [0.1, 0.15) is 11.6 Å². The predicted molar refractivity (Wildman–Crippen MR) is 64.2 cm³/mol. The van der Waals surface area contributed by atoms with Gasteiger partial charge in [0.05, 0.1) is 5.02 Å². The normalized spacial score (nSPS) is 10.8. The molecule has 0 N–H and O–H groups in total. The van der Waals surface area contributed by atoms with Crippen LogP contribution in [0, 0.1) is 11.7 Å². The zero-order valence-electron chi connectivity index (χ0n) is 9.59. The summed E-state index contributed by atoms with van der Waals surface area (Å²) in [7, 11) is 0. The third-order valence-electron chi connectivity index (χ3n) is 2.39. The van der Waals surface area contributed by atoms with Crippen LogP contribution in [0.5, 0.6) is 0 Å². The first-order valence-corrected chi connectivity index (χ1v) is 5.82. The lowest BCUT2D eigenvalue weighted by atomic mass is 10.0. The maximum absolute atomic E-state index is 13.1. The van der Waals surface area contributed by atoms with E-state index in [1.54, 1.807) is 6.07 Å².